The molecule has 0 bridgehead atoms. The van der Waals surface area contributed by atoms with E-state index in [0.29, 0.717) is 36.3 Å². The summed E-state index contributed by atoms with van der Waals surface area (Å²) in [6.07, 6.45) is 5.99. The Morgan fingerprint density at radius 2 is 1.93 bits per heavy atom. The summed E-state index contributed by atoms with van der Waals surface area (Å²) in [5, 5.41) is 14.8. The fraction of sp³-hybridized carbons (Fsp3) is 0.387. The molecule has 2 N–H and O–H groups in total. The quantitative estimate of drug-likeness (QED) is 0.411. The number of benzene rings is 1. The Bertz CT molecular complexity index is 1630. The molecule has 0 spiro atoms. The molecule has 1 saturated heterocycles. The van der Waals surface area contributed by atoms with Gasteiger partial charge in [0.2, 0.25) is 0 Å². The molecule has 2 unspecified atom stereocenters. The molecule has 2 aromatic heterocycles. The fourth-order valence-corrected chi connectivity index (χ4v) is 5.93. The predicted molar refractivity (Wildman–Crippen MR) is 161 cm³/mol. The van der Waals surface area contributed by atoms with Gasteiger partial charge in [0.15, 0.2) is 0 Å². The smallest absolute Gasteiger partial charge is 0.408 e. The van der Waals surface area contributed by atoms with Crippen LogP contribution in [0.4, 0.5) is 14.9 Å². The highest BCUT2D eigenvalue weighted by atomic mass is 35.5. The number of nitrogens with zero attached hydrogens (tertiary/aromatic N) is 4. The largest absolute Gasteiger partial charge is 0.444 e. The number of nitrogens with one attached hydrogen (secondary N) is 1. The summed E-state index contributed by atoms with van der Waals surface area (Å²) in [6.45, 7) is 8.42. The third-order valence-corrected chi connectivity index (χ3v) is 8.21. The summed E-state index contributed by atoms with van der Waals surface area (Å²) in [6, 6.07) is 10.7. The van der Waals surface area contributed by atoms with Crippen molar-refractivity contribution in [3.63, 3.8) is 0 Å². The Hall–Kier alpha value is -3.89. The summed E-state index contributed by atoms with van der Waals surface area (Å²) in [5.74, 6) is -0.747. The van der Waals surface area contributed by atoms with Crippen LogP contribution in [-0.4, -0.2) is 55.7 Å². The molecule has 1 aromatic carbocycles. The maximum absolute atomic E-state index is 16.1. The van der Waals surface area contributed by atoms with Gasteiger partial charge in [0, 0.05) is 44.3 Å². The van der Waals surface area contributed by atoms with Crippen LogP contribution in [0.3, 0.4) is 0 Å². The van der Waals surface area contributed by atoms with Gasteiger partial charge in [0.25, 0.3) is 0 Å². The van der Waals surface area contributed by atoms with Crippen LogP contribution < -0.4 is 15.9 Å². The van der Waals surface area contributed by atoms with Gasteiger partial charge in [-0.15, -0.1) is 11.6 Å². The van der Waals surface area contributed by atoms with Crippen molar-refractivity contribution in [2.75, 3.05) is 18.0 Å². The lowest BCUT2D eigenvalue weighted by atomic mass is 9.79. The topological polar surface area (TPSA) is 102 Å². The minimum Gasteiger partial charge on any atom is -0.444 e. The molecule has 1 amide bonds. The van der Waals surface area contributed by atoms with E-state index in [0.717, 1.165) is 4.57 Å². The summed E-state index contributed by atoms with van der Waals surface area (Å²) >= 11 is 7.35. The molecular formula is C31H35ClFN5O4. The van der Waals surface area contributed by atoms with Gasteiger partial charge in [-0.3, -0.25) is 9.55 Å². The van der Waals surface area contributed by atoms with Crippen LogP contribution in [0.1, 0.15) is 45.2 Å². The van der Waals surface area contributed by atoms with E-state index in [1.165, 1.54) is 29.2 Å². The van der Waals surface area contributed by atoms with Gasteiger partial charge >= 0.3 is 11.8 Å². The van der Waals surface area contributed by atoms with E-state index in [4.69, 9.17) is 16.3 Å². The molecule has 0 radical (unpaired) electrons. The van der Waals surface area contributed by atoms with Crippen LogP contribution in [0.15, 0.2) is 77.9 Å². The molecule has 11 heteroatoms. The third-order valence-electron chi connectivity index (χ3n) is 7.60. The average Bonchev–Trinajstić information content (AvgIpc) is 3.47. The Balaban J connectivity index is 1.54. The van der Waals surface area contributed by atoms with Crippen molar-refractivity contribution in [3.05, 3.63) is 94.7 Å². The Morgan fingerprint density at radius 1 is 1.21 bits per heavy atom. The fourth-order valence-electron chi connectivity index (χ4n) is 5.53. The average molecular weight is 596 g/mol. The number of alkyl carbamates (subject to hydrolysis) is 1. The number of hydrogen-bond donors (Lipinski definition) is 2. The molecule has 3 aromatic rings. The predicted octanol–water partition coefficient (Wildman–Crippen LogP) is 4.81. The molecule has 3 heterocycles. The first-order chi connectivity index (χ1) is 19.7. The number of imidazole rings is 1. The number of pyridine rings is 1. The first-order valence-corrected chi connectivity index (χ1v) is 14.1. The number of aryl methyl sites for hydroxylation is 1. The third kappa shape index (κ3) is 5.48. The van der Waals surface area contributed by atoms with Crippen molar-refractivity contribution in [2.45, 2.75) is 56.2 Å². The number of aromatic nitrogens is 3. The molecule has 3 atom stereocenters. The number of allylic oxidation sites excluding steroid dienone is 2. The van der Waals surface area contributed by atoms with Gasteiger partial charge in [0.05, 0.1) is 23.1 Å². The molecule has 1 aliphatic heterocycles. The number of ether oxygens (including phenoxy) is 1. The summed E-state index contributed by atoms with van der Waals surface area (Å²) in [7, 11) is 1.55. The van der Waals surface area contributed by atoms with E-state index in [2.05, 4.69) is 10.3 Å². The molecule has 9 nitrogen and oxygen atoms in total. The first-order valence-electron chi connectivity index (χ1n) is 13.7. The zero-order valence-electron chi connectivity index (χ0n) is 24.3. The summed E-state index contributed by atoms with van der Waals surface area (Å²) in [5.41, 5.74) is -0.0512. The number of alkyl halides is 1. The highest BCUT2D eigenvalue weighted by Gasteiger charge is 2.50. The number of aliphatic hydroxyl groups excluding tert-OH is 1. The van der Waals surface area contributed by atoms with Crippen molar-refractivity contribution in [1.82, 2.24) is 19.4 Å². The van der Waals surface area contributed by atoms with Crippen LogP contribution in [0.25, 0.3) is 11.3 Å². The van der Waals surface area contributed by atoms with E-state index in [1.807, 2.05) is 38.7 Å². The normalized spacial score (nSPS) is 24.5. The molecular weight excluding hydrogens is 561 g/mol. The molecule has 1 aliphatic carbocycles. The minimum absolute atomic E-state index is 0.196. The van der Waals surface area contributed by atoms with Crippen LogP contribution in [0, 0.1) is 0 Å². The van der Waals surface area contributed by atoms with Crippen molar-refractivity contribution < 1.29 is 19.0 Å². The molecule has 5 rings (SSSR count). The molecule has 2 aliphatic rings. The number of amides is 1. The second-order valence-electron chi connectivity index (χ2n) is 12.1. The van der Waals surface area contributed by atoms with E-state index >= 15 is 4.39 Å². The van der Waals surface area contributed by atoms with E-state index in [-0.39, 0.29) is 11.3 Å². The standard InChI is InChI=1S/C31H35ClFN5O4/c1-29(2,3)42-27(40)35-30(4)11-12-37(19-30)22-15-21(17-34-18-22)31(32)25(38-14-13-36(5)28(38)41)24(33)16-23(26(31)39)20-9-7-6-8-10-20/h6-10,13-18,26,39H,11-12,19H2,1-5H3,(H,35,40)/t26?,30-,31?/m0/s1. The Kier molecular flexibility index (Phi) is 7.57. The van der Waals surface area contributed by atoms with Gasteiger partial charge in [-0.25, -0.2) is 14.0 Å². The number of aliphatic hydroxyl groups is 1. The number of anilines is 1. The molecule has 42 heavy (non-hydrogen) atoms. The first kappa shape index (κ1) is 29.6. The van der Waals surface area contributed by atoms with Crippen molar-refractivity contribution >= 4 is 34.7 Å². The van der Waals surface area contributed by atoms with Gasteiger partial charge in [0.1, 0.15) is 22.4 Å². The zero-order valence-corrected chi connectivity index (χ0v) is 25.0. The number of rotatable bonds is 5. The zero-order chi connectivity index (χ0) is 30.4. The van der Waals surface area contributed by atoms with Crippen LogP contribution in [0.5, 0.6) is 0 Å². The van der Waals surface area contributed by atoms with Crippen molar-refractivity contribution in [3.8, 4) is 0 Å². The molecule has 222 valence electrons. The number of halogens is 2. The summed E-state index contributed by atoms with van der Waals surface area (Å²) in [4.78, 5) is 30.0. The maximum Gasteiger partial charge on any atom is 0.408 e. The number of hydrogen-bond acceptors (Lipinski definition) is 6. The number of carbonyl (C=O) groups excluding carboxylic acids is 1. The Labute approximate surface area is 248 Å². The van der Waals surface area contributed by atoms with Crippen LogP contribution >= 0.6 is 11.6 Å². The number of carbonyl (C=O) groups is 1. The Morgan fingerprint density at radius 3 is 2.57 bits per heavy atom. The highest BCUT2D eigenvalue weighted by molar-refractivity contribution is 6.31. The summed E-state index contributed by atoms with van der Waals surface area (Å²) < 4.78 is 24.0. The van der Waals surface area contributed by atoms with Gasteiger partial charge < -0.3 is 24.6 Å². The second-order valence-corrected chi connectivity index (χ2v) is 12.7. The van der Waals surface area contributed by atoms with Crippen molar-refractivity contribution in [2.24, 2.45) is 7.05 Å². The highest BCUT2D eigenvalue weighted by Crippen LogP contribution is 2.51. The lowest BCUT2D eigenvalue weighted by molar-refractivity contribution is 0.0473. The SMILES string of the molecule is Cn1ccn(C2=C(F)C=C(c3ccccc3)C(O)C2(Cl)c2cncc(N3CC[C@](C)(NC(=O)OC(C)(C)C)C3)c2)c1=O. The molecule has 1 fully saturated rings. The lowest BCUT2D eigenvalue weighted by Gasteiger charge is -2.39. The second kappa shape index (κ2) is 10.7. The van der Waals surface area contributed by atoms with Crippen LogP contribution in [-0.2, 0) is 16.7 Å². The van der Waals surface area contributed by atoms with Gasteiger partial charge in [-0.2, -0.15) is 0 Å². The van der Waals surface area contributed by atoms with Crippen LogP contribution in [0.2, 0.25) is 0 Å². The van der Waals surface area contributed by atoms with Crippen molar-refractivity contribution in [1.29, 1.82) is 0 Å². The van der Waals surface area contributed by atoms with Gasteiger partial charge in [-0.05, 0) is 57.4 Å². The van der Waals surface area contributed by atoms with E-state index in [1.54, 1.807) is 43.6 Å². The minimum atomic E-state index is -1.91. The maximum atomic E-state index is 16.1. The van der Waals surface area contributed by atoms with E-state index in [9.17, 15) is 14.7 Å². The van der Waals surface area contributed by atoms with E-state index < -0.39 is 39.7 Å². The lowest BCUT2D eigenvalue weighted by Crippen LogP contribution is -2.49. The monoisotopic (exact) mass is 595 g/mol. The van der Waals surface area contributed by atoms with Gasteiger partial charge in [-0.1, -0.05) is 30.3 Å². The molecule has 0 saturated carbocycles.